The number of rotatable bonds is 4. The second kappa shape index (κ2) is 7.71. The lowest BCUT2D eigenvalue weighted by Gasteiger charge is -2.39. The Labute approximate surface area is 172 Å². The van der Waals surface area contributed by atoms with Crippen LogP contribution in [0, 0.1) is 17.6 Å². The van der Waals surface area contributed by atoms with Crippen LogP contribution in [-0.2, 0) is 11.0 Å². The summed E-state index contributed by atoms with van der Waals surface area (Å²) in [5.41, 5.74) is -1.41. The number of nitrogens with one attached hydrogen (secondary N) is 1. The highest BCUT2D eigenvalue weighted by Gasteiger charge is 2.35. The van der Waals surface area contributed by atoms with Crippen molar-refractivity contribution in [2.75, 3.05) is 31.6 Å². The molecule has 11 heteroatoms. The predicted molar refractivity (Wildman–Crippen MR) is 96.8 cm³/mol. The third-order valence-corrected chi connectivity index (χ3v) is 4.91. The van der Waals surface area contributed by atoms with Crippen LogP contribution >= 0.6 is 0 Å². The minimum absolute atomic E-state index is 0.0468. The number of carbonyl (C=O) groups excluding carboxylic acids is 2. The van der Waals surface area contributed by atoms with Gasteiger partial charge in [0.1, 0.15) is 23.1 Å². The molecule has 0 bridgehead atoms. The molecule has 2 aliphatic heterocycles. The highest BCUT2D eigenvalue weighted by atomic mass is 19.4. The molecule has 31 heavy (non-hydrogen) atoms. The van der Waals surface area contributed by atoms with Gasteiger partial charge < -0.3 is 19.7 Å². The molecule has 0 spiro atoms. The van der Waals surface area contributed by atoms with Crippen molar-refractivity contribution in [3.63, 3.8) is 0 Å². The topological polar surface area (TPSA) is 67.9 Å². The SMILES string of the molecule is O=C1COc2cc(F)c(C(=O)N3CC(COc4ccc(C(F)(F)F)c(F)c4)C3)cc2N1. The fourth-order valence-electron chi connectivity index (χ4n) is 3.31. The average molecular weight is 442 g/mol. The Balaban J connectivity index is 1.34. The number of likely N-dealkylation sites (tertiary alicyclic amines) is 1. The fraction of sp³-hybridized carbons (Fsp3) is 0.300. The molecular weight excluding hydrogens is 427 g/mol. The molecule has 2 heterocycles. The lowest BCUT2D eigenvalue weighted by molar-refractivity contribution is -0.140. The minimum atomic E-state index is -4.79. The van der Waals surface area contributed by atoms with Crippen LogP contribution in [0.1, 0.15) is 15.9 Å². The number of fused-ring (bicyclic) bond motifs is 1. The van der Waals surface area contributed by atoms with E-state index in [9.17, 15) is 31.5 Å². The molecule has 0 aromatic heterocycles. The summed E-state index contributed by atoms with van der Waals surface area (Å²) in [5.74, 6) is -3.32. The standard InChI is InChI=1S/C20H15F5N2O4/c21-14-5-17-16(26-18(28)9-31-17)4-12(14)19(29)27-6-10(7-27)8-30-11-1-2-13(15(22)3-11)20(23,24)25/h1-5,10H,6-9H2,(H,26,28). The summed E-state index contributed by atoms with van der Waals surface area (Å²) in [6.07, 6.45) is -4.79. The van der Waals surface area contributed by atoms with Crippen LogP contribution in [0.15, 0.2) is 30.3 Å². The van der Waals surface area contributed by atoms with Crippen molar-refractivity contribution in [2.45, 2.75) is 6.18 Å². The summed E-state index contributed by atoms with van der Waals surface area (Å²) in [5, 5.41) is 2.50. The largest absolute Gasteiger partial charge is 0.493 e. The molecule has 1 saturated heterocycles. The van der Waals surface area contributed by atoms with Gasteiger partial charge in [0.25, 0.3) is 11.8 Å². The van der Waals surface area contributed by atoms with E-state index in [1.165, 1.54) is 11.0 Å². The lowest BCUT2D eigenvalue weighted by Crippen LogP contribution is -2.52. The first kappa shape index (κ1) is 20.9. The van der Waals surface area contributed by atoms with Gasteiger partial charge in [0.05, 0.1) is 23.4 Å². The number of benzene rings is 2. The fourth-order valence-corrected chi connectivity index (χ4v) is 3.31. The van der Waals surface area contributed by atoms with Crippen molar-refractivity contribution < 1.29 is 41.0 Å². The molecule has 0 atom stereocenters. The number of alkyl halides is 3. The predicted octanol–water partition coefficient (Wildman–Crippen LogP) is 3.47. The first-order valence-corrected chi connectivity index (χ1v) is 9.17. The maximum Gasteiger partial charge on any atom is 0.419 e. The molecular formula is C20H15F5N2O4. The number of nitrogens with zero attached hydrogens (tertiary/aromatic N) is 1. The molecule has 6 nitrogen and oxygen atoms in total. The van der Waals surface area contributed by atoms with Crippen molar-refractivity contribution in [1.82, 2.24) is 4.90 Å². The monoisotopic (exact) mass is 442 g/mol. The molecule has 0 saturated carbocycles. The Kier molecular flexibility index (Phi) is 5.19. The van der Waals surface area contributed by atoms with E-state index in [2.05, 4.69) is 5.32 Å². The van der Waals surface area contributed by atoms with Gasteiger partial charge >= 0.3 is 6.18 Å². The van der Waals surface area contributed by atoms with Crippen LogP contribution in [0.4, 0.5) is 27.6 Å². The van der Waals surface area contributed by atoms with Gasteiger partial charge in [-0.2, -0.15) is 13.2 Å². The summed E-state index contributed by atoms with van der Waals surface area (Å²) >= 11 is 0. The minimum Gasteiger partial charge on any atom is -0.493 e. The third kappa shape index (κ3) is 4.25. The molecule has 0 unspecified atom stereocenters. The van der Waals surface area contributed by atoms with E-state index in [1.54, 1.807) is 0 Å². The maximum absolute atomic E-state index is 14.3. The molecule has 164 valence electrons. The van der Waals surface area contributed by atoms with E-state index in [-0.39, 0.29) is 55.0 Å². The van der Waals surface area contributed by atoms with Crippen molar-refractivity contribution in [1.29, 1.82) is 0 Å². The molecule has 4 rings (SSSR count). The smallest absolute Gasteiger partial charge is 0.419 e. The van der Waals surface area contributed by atoms with Crippen molar-refractivity contribution in [2.24, 2.45) is 5.92 Å². The molecule has 2 aromatic carbocycles. The van der Waals surface area contributed by atoms with Gasteiger partial charge in [-0.25, -0.2) is 8.78 Å². The molecule has 1 N–H and O–H groups in total. The first-order valence-electron chi connectivity index (χ1n) is 9.17. The van der Waals surface area contributed by atoms with E-state index in [0.717, 1.165) is 12.1 Å². The lowest BCUT2D eigenvalue weighted by atomic mass is 9.99. The number of amides is 2. The Hall–Kier alpha value is -3.37. The van der Waals surface area contributed by atoms with Crippen LogP contribution in [-0.4, -0.2) is 43.0 Å². The molecule has 1 fully saturated rings. The maximum atomic E-state index is 14.3. The number of hydrogen-bond donors (Lipinski definition) is 1. The second-order valence-electron chi connectivity index (χ2n) is 7.19. The first-order chi connectivity index (χ1) is 14.6. The number of ether oxygens (including phenoxy) is 2. The Bertz CT molecular complexity index is 1050. The molecule has 0 aliphatic carbocycles. The highest BCUT2D eigenvalue weighted by molar-refractivity contribution is 6.00. The van der Waals surface area contributed by atoms with Gasteiger partial charge in [-0.15, -0.1) is 0 Å². The zero-order chi connectivity index (χ0) is 22.3. The molecule has 0 radical (unpaired) electrons. The van der Waals surface area contributed by atoms with Crippen LogP contribution < -0.4 is 14.8 Å². The quantitative estimate of drug-likeness (QED) is 0.737. The van der Waals surface area contributed by atoms with Crippen LogP contribution in [0.3, 0.4) is 0 Å². The van der Waals surface area contributed by atoms with Crippen molar-refractivity contribution in [3.8, 4) is 11.5 Å². The van der Waals surface area contributed by atoms with E-state index in [1.807, 2.05) is 0 Å². The highest BCUT2D eigenvalue weighted by Crippen LogP contribution is 2.34. The number of anilines is 1. The molecule has 2 aliphatic rings. The van der Waals surface area contributed by atoms with Crippen LogP contribution in [0.5, 0.6) is 11.5 Å². The average Bonchev–Trinajstić information content (AvgIpc) is 2.65. The Morgan fingerprint density at radius 2 is 1.90 bits per heavy atom. The molecule has 2 aromatic rings. The molecule has 2 amide bonds. The Morgan fingerprint density at radius 1 is 1.16 bits per heavy atom. The van der Waals surface area contributed by atoms with Crippen molar-refractivity contribution >= 4 is 17.5 Å². The van der Waals surface area contributed by atoms with Crippen LogP contribution in [0.25, 0.3) is 0 Å². The summed E-state index contributed by atoms with van der Waals surface area (Å²) in [4.78, 5) is 25.3. The van der Waals surface area contributed by atoms with Gasteiger partial charge in [0, 0.05) is 31.1 Å². The van der Waals surface area contributed by atoms with Gasteiger partial charge in [-0.3, -0.25) is 9.59 Å². The summed E-state index contributed by atoms with van der Waals surface area (Å²) in [6, 6.07) is 4.51. The number of hydrogen-bond acceptors (Lipinski definition) is 4. The zero-order valence-corrected chi connectivity index (χ0v) is 15.8. The van der Waals surface area contributed by atoms with Gasteiger partial charge in [0.2, 0.25) is 0 Å². The number of carbonyl (C=O) groups is 2. The van der Waals surface area contributed by atoms with Crippen molar-refractivity contribution in [3.05, 3.63) is 53.1 Å². The van der Waals surface area contributed by atoms with Crippen LogP contribution in [0.2, 0.25) is 0 Å². The van der Waals surface area contributed by atoms with E-state index < -0.39 is 35.2 Å². The Morgan fingerprint density at radius 3 is 2.58 bits per heavy atom. The second-order valence-corrected chi connectivity index (χ2v) is 7.19. The zero-order valence-electron chi connectivity index (χ0n) is 15.8. The third-order valence-electron chi connectivity index (χ3n) is 4.91. The van der Waals surface area contributed by atoms with Gasteiger partial charge in [-0.05, 0) is 18.2 Å². The number of halogens is 5. The van der Waals surface area contributed by atoms with Gasteiger partial charge in [0.15, 0.2) is 6.61 Å². The van der Waals surface area contributed by atoms with Gasteiger partial charge in [-0.1, -0.05) is 0 Å². The normalized spacial score (nSPS) is 16.2. The van der Waals surface area contributed by atoms with E-state index >= 15 is 0 Å². The summed E-state index contributed by atoms with van der Waals surface area (Å²) < 4.78 is 76.0. The summed E-state index contributed by atoms with van der Waals surface area (Å²) in [6.45, 7) is 0.254. The van der Waals surface area contributed by atoms with E-state index in [4.69, 9.17) is 9.47 Å². The van der Waals surface area contributed by atoms with E-state index in [0.29, 0.717) is 12.1 Å². The summed E-state index contributed by atoms with van der Waals surface area (Å²) in [7, 11) is 0.